The van der Waals surface area contributed by atoms with E-state index < -0.39 is 61.9 Å². The molecule has 0 spiro atoms. The third kappa shape index (κ3) is 10.8. The lowest BCUT2D eigenvalue weighted by Crippen LogP contribution is -2.48. The maximum atomic E-state index is 14.1. The van der Waals surface area contributed by atoms with Crippen LogP contribution in [0.1, 0.15) is 59.8 Å². The normalized spacial score (nSPS) is 12.8. The van der Waals surface area contributed by atoms with E-state index in [1.807, 2.05) is 6.92 Å². The molecule has 0 saturated heterocycles. The Hall–Kier alpha value is -3.01. The molecule has 9 nitrogen and oxygen atoms in total. The molecule has 0 aliphatic carbocycles. The number of esters is 1. The number of hydrogen-bond acceptors (Lipinski definition) is 9. The largest absolute Gasteiger partial charge is 0.490 e. The van der Waals surface area contributed by atoms with E-state index >= 15 is 0 Å². The summed E-state index contributed by atoms with van der Waals surface area (Å²) in [5.41, 5.74) is -1.22. The minimum absolute atomic E-state index is 0.0402. The lowest BCUT2D eigenvalue weighted by molar-refractivity contribution is -0.206. The Labute approximate surface area is 276 Å². The number of rotatable bonds is 17. The maximum absolute atomic E-state index is 14.1. The number of aromatic nitrogens is 2. The molecular formula is C31H42F3N3O6S2Si. The summed E-state index contributed by atoms with van der Waals surface area (Å²) in [6.07, 6.45) is -3.81. The fraction of sp³-hybridized carbons (Fsp3) is 0.548. The smallest absolute Gasteiger partial charge is 0.488 e. The highest BCUT2D eigenvalue weighted by Gasteiger charge is 2.45. The van der Waals surface area contributed by atoms with Crippen molar-refractivity contribution in [2.24, 2.45) is 0 Å². The van der Waals surface area contributed by atoms with Crippen molar-refractivity contribution >= 4 is 42.6 Å². The fourth-order valence-electron chi connectivity index (χ4n) is 4.40. The van der Waals surface area contributed by atoms with Gasteiger partial charge in [-0.1, -0.05) is 45.1 Å². The number of alkyl halides is 3. The Morgan fingerprint density at radius 1 is 1.07 bits per heavy atom. The summed E-state index contributed by atoms with van der Waals surface area (Å²) in [6, 6.07) is 7.26. The van der Waals surface area contributed by atoms with E-state index in [0.717, 1.165) is 12.5 Å². The zero-order valence-corrected chi connectivity index (χ0v) is 29.6. The monoisotopic (exact) mass is 701 g/mol. The predicted molar refractivity (Wildman–Crippen MR) is 176 cm³/mol. The van der Waals surface area contributed by atoms with Gasteiger partial charge in [-0.15, -0.1) is 22.7 Å². The fourth-order valence-corrected chi connectivity index (χ4v) is 7.03. The summed E-state index contributed by atoms with van der Waals surface area (Å²) < 4.78 is 58.5. The van der Waals surface area contributed by atoms with Crippen molar-refractivity contribution in [1.82, 2.24) is 14.7 Å². The highest BCUT2D eigenvalue weighted by Crippen LogP contribution is 2.37. The number of thiophene rings is 2. The summed E-state index contributed by atoms with van der Waals surface area (Å²) in [5, 5.41) is 7.83. The second-order valence-electron chi connectivity index (χ2n) is 12.3. The molecule has 0 saturated carbocycles. The van der Waals surface area contributed by atoms with Crippen LogP contribution in [0.5, 0.6) is 5.75 Å². The molecule has 1 amide bonds. The van der Waals surface area contributed by atoms with E-state index in [2.05, 4.69) is 24.7 Å². The zero-order valence-electron chi connectivity index (χ0n) is 27.0. The van der Waals surface area contributed by atoms with E-state index in [0.29, 0.717) is 22.8 Å². The molecule has 0 fully saturated rings. The molecule has 15 heteroatoms. The standard InChI is InChI=1S/C31H42F3N3O6S2Si/c1-7-8-13-42-23-18-36(20-41-14-17-46(4,5)6)35-27(28(23)38)29(39)37(21(2)3)19-22(43-30(40)31(32,33)34)26(24-11-9-15-44-24)25-12-10-16-45-25/h9-12,15-16,18,21-22,26H,7-8,13-14,17,19-20H2,1-6H3. The van der Waals surface area contributed by atoms with Crippen LogP contribution in [0.25, 0.3) is 0 Å². The van der Waals surface area contributed by atoms with Crippen LogP contribution in [0.15, 0.2) is 46.0 Å². The molecule has 46 heavy (non-hydrogen) atoms. The maximum Gasteiger partial charge on any atom is 0.490 e. The zero-order chi connectivity index (χ0) is 34.1. The second kappa shape index (κ2) is 16.7. The number of unbranched alkanes of at least 4 members (excludes halogenated alkanes) is 1. The van der Waals surface area contributed by atoms with E-state index in [9.17, 15) is 27.6 Å². The quantitative estimate of drug-likeness (QED) is 0.0848. The number of amides is 1. The average Bonchev–Trinajstić information content (AvgIpc) is 3.69. The number of hydrogen-bond donors (Lipinski definition) is 0. The molecule has 3 rings (SSSR count). The number of ether oxygens (including phenoxy) is 3. The summed E-state index contributed by atoms with van der Waals surface area (Å²) in [7, 11) is -1.38. The highest BCUT2D eigenvalue weighted by molar-refractivity contribution is 7.11. The van der Waals surface area contributed by atoms with E-state index in [1.54, 1.807) is 48.9 Å². The molecule has 0 aromatic carbocycles. The Bertz CT molecular complexity index is 1420. The van der Waals surface area contributed by atoms with Gasteiger partial charge in [0.1, 0.15) is 12.8 Å². The lowest BCUT2D eigenvalue weighted by atomic mass is 9.97. The van der Waals surface area contributed by atoms with Crippen LogP contribution in [0.3, 0.4) is 0 Å². The van der Waals surface area contributed by atoms with Crippen molar-refractivity contribution in [3.63, 3.8) is 0 Å². The molecule has 3 heterocycles. The molecule has 254 valence electrons. The number of carbonyl (C=O) groups excluding carboxylic acids is 2. The van der Waals surface area contributed by atoms with Crippen molar-refractivity contribution in [2.45, 2.75) is 90.3 Å². The van der Waals surface area contributed by atoms with Gasteiger partial charge in [-0.05, 0) is 49.2 Å². The molecule has 1 atom stereocenters. The summed E-state index contributed by atoms with van der Waals surface area (Å²) in [4.78, 5) is 42.4. The number of carbonyl (C=O) groups is 2. The topological polar surface area (TPSA) is 100.0 Å². The van der Waals surface area contributed by atoms with Gasteiger partial charge in [0.15, 0.2) is 11.4 Å². The third-order valence-corrected chi connectivity index (χ3v) is 10.5. The van der Waals surface area contributed by atoms with Crippen molar-refractivity contribution in [2.75, 3.05) is 19.8 Å². The molecule has 1 unspecified atom stereocenters. The molecule has 0 N–H and O–H groups in total. The summed E-state index contributed by atoms with van der Waals surface area (Å²) >= 11 is 2.59. The van der Waals surface area contributed by atoms with Crippen LogP contribution in [0.4, 0.5) is 13.2 Å². The lowest BCUT2D eigenvalue weighted by Gasteiger charge is -2.34. The van der Waals surface area contributed by atoms with Gasteiger partial charge in [-0.3, -0.25) is 9.59 Å². The Kier molecular flexibility index (Phi) is 13.6. The van der Waals surface area contributed by atoms with Gasteiger partial charge in [0.05, 0.1) is 25.3 Å². The Morgan fingerprint density at radius 3 is 2.20 bits per heavy atom. The first-order valence-corrected chi connectivity index (χ1v) is 20.6. The van der Waals surface area contributed by atoms with Crippen molar-refractivity contribution in [1.29, 1.82) is 0 Å². The van der Waals surface area contributed by atoms with Gasteiger partial charge in [0, 0.05) is 30.5 Å². The van der Waals surface area contributed by atoms with Gasteiger partial charge < -0.3 is 19.1 Å². The van der Waals surface area contributed by atoms with Crippen LogP contribution in [-0.2, 0) is 21.0 Å². The minimum atomic E-state index is -5.25. The SMILES string of the molecule is CCCCOc1cn(COCC[Si](C)(C)C)nc(C(=O)N(CC(OC(=O)C(F)(F)F)C(c2cccs2)c2cccs2)C(C)C)c1=O. The average molecular weight is 702 g/mol. The second-order valence-corrected chi connectivity index (χ2v) is 19.8. The van der Waals surface area contributed by atoms with Crippen LogP contribution in [0, 0.1) is 0 Å². The molecule has 3 aromatic heterocycles. The van der Waals surface area contributed by atoms with Crippen molar-refractivity contribution in [3.05, 3.63) is 66.9 Å². The van der Waals surface area contributed by atoms with Crippen LogP contribution in [-0.4, -0.2) is 72.7 Å². The van der Waals surface area contributed by atoms with Gasteiger partial charge in [-0.25, -0.2) is 9.48 Å². The Balaban J connectivity index is 2.03. The first kappa shape index (κ1) is 37.4. The van der Waals surface area contributed by atoms with E-state index in [4.69, 9.17) is 14.2 Å². The Morgan fingerprint density at radius 2 is 1.70 bits per heavy atom. The molecule has 0 bridgehead atoms. The van der Waals surface area contributed by atoms with Crippen molar-refractivity contribution in [3.8, 4) is 5.75 Å². The van der Waals surface area contributed by atoms with E-state index in [1.165, 1.54) is 38.5 Å². The van der Waals surface area contributed by atoms with Crippen LogP contribution >= 0.6 is 22.7 Å². The van der Waals surface area contributed by atoms with Gasteiger partial charge in [-0.2, -0.15) is 18.3 Å². The summed E-state index contributed by atoms with van der Waals surface area (Å²) in [5.74, 6) is -4.08. The predicted octanol–water partition coefficient (Wildman–Crippen LogP) is 7.01. The molecule has 0 radical (unpaired) electrons. The first-order valence-electron chi connectivity index (χ1n) is 15.1. The van der Waals surface area contributed by atoms with Crippen LogP contribution in [0.2, 0.25) is 25.7 Å². The van der Waals surface area contributed by atoms with Crippen LogP contribution < -0.4 is 10.2 Å². The molecule has 0 aliphatic heterocycles. The molecule has 3 aromatic rings. The first-order chi connectivity index (χ1) is 21.6. The van der Waals surface area contributed by atoms with Gasteiger partial charge >= 0.3 is 12.1 Å². The highest BCUT2D eigenvalue weighted by atomic mass is 32.1. The number of nitrogens with zero attached hydrogens (tertiary/aromatic N) is 3. The molecular weight excluding hydrogens is 660 g/mol. The number of halogens is 3. The van der Waals surface area contributed by atoms with E-state index in [-0.39, 0.29) is 19.1 Å². The minimum Gasteiger partial charge on any atom is -0.488 e. The third-order valence-electron chi connectivity index (χ3n) is 6.93. The van der Waals surface area contributed by atoms with Gasteiger partial charge in [0.2, 0.25) is 0 Å². The van der Waals surface area contributed by atoms with Crippen molar-refractivity contribution < 1.29 is 37.0 Å². The molecule has 0 aliphatic rings. The van der Waals surface area contributed by atoms with Gasteiger partial charge in [0.25, 0.3) is 11.3 Å². The summed E-state index contributed by atoms with van der Waals surface area (Å²) in [6.45, 7) is 12.2.